The van der Waals surface area contributed by atoms with Crippen molar-refractivity contribution in [1.29, 1.82) is 0 Å². The van der Waals surface area contributed by atoms with Crippen molar-refractivity contribution in [3.8, 4) is 5.75 Å². The summed E-state index contributed by atoms with van der Waals surface area (Å²) in [4.78, 5) is 27.4. The zero-order chi connectivity index (χ0) is 26.3. The first-order chi connectivity index (χ1) is 17.1. The largest absolute Gasteiger partial charge is 0.632 e. The van der Waals surface area contributed by atoms with Gasteiger partial charge in [0.15, 0.2) is 6.04 Å². The van der Waals surface area contributed by atoms with Crippen LogP contribution in [-0.2, 0) is 22.6 Å². The van der Waals surface area contributed by atoms with E-state index >= 15 is 0 Å². The predicted molar refractivity (Wildman–Crippen MR) is 127 cm³/mol. The first-order valence-corrected chi connectivity index (χ1v) is 11.6. The van der Waals surface area contributed by atoms with Gasteiger partial charge in [0, 0.05) is 13.0 Å². The molecule has 2 aromatic rings. The summed E-state index contributed by atoms with van der Waals surface area (Å²) in [6, 6.07) is 10.0. The molecule has 2 N–H and O–H groups in total. The highest BCUT2D eigenvalue weighted by Gasteiger charge is 2.46. The third-order valence-corrected chi connectivity index (χ3v) is 6.27. The number of nitrogens with one attached hydrogen (secondary N) is 2. The highest BCUT2D eigenvalue weighted by molar-refractivity contribution is 5.88. The van der Waals surface area contributed by atoms with Gasteiger partial charge in [-0.2, -0.15) is 0 Å². The maximum Gasteiger partial charge on any atom is 0.255 e. The van der Waals surface area contributed by atoms with Gasteiger partial charge in [0.25, 0.3) is 6.43 Å². The van der Waals surface area contributed by atoms with Crippen molar-refractivity contribution in [1.82, 2.24) is 15.5 Å². The molecule has 0 aromatic heterocycles. The third kappa shape index (κ3) is 7.19. The number of benzene rings is 2. The van der Waals surface area contributed by atoms with Crippen LogP contribution >= 0.6 is 0 Å². The van der Waals surface area contributed by atoms with Crippen molar-refractivity contribution >= 4 is 11.8 Å². The van der Waals surface area contributed by atoms with Crippen LogP contribution < -0.4 is 15.4 Å². The molecule has 36 heavy (non-hydrogen) atoms. The normalized spacial score (nSPS) is 20.2. The molecule has 1 fully saturated rings. The number of rotatable bonds is 11. The minimum atomic E-state index is -2.90. The lowest BCUT2D eigenvalue weighted by atomic mass is 10.0. The van der Waals surface area contributed by atoms with E-state index in [1.165, 1.54) is 38.4 Å². The Bertz CT molecular complexity index is 1020. The summed E-state index contributed by atoms with van der Waals surface area (Å²) in [5, 5.41) is 18.6. The SMILES string of the molecule is COc1ccc(CCC(=O)N(CC(F)F)C(C(=O)NCc2ccc(F)cc2)C2CNC[N+]2(C)[O-])cc1. The number of hydrogen-bond acceptors (Lipinski definition) is 5. The average molecular weight is 509 g/mol. The monoisotopic (exact) mass is 508 g/mol. The molecule has 2 aromatic carbocycles. The lowest BCUT2D eigenvalue weighted by molar-refractivity contribution is -0.874. The number of ether oxygens (including phenoxy) is 1. The van der Waals surface area contributed by atoms with Crippen LogP contribution in [0.3, 0.4) is 0 Å². The maximum absolute atomic E-state index is 13.6. The molecule has 3 unspecified atom stereocenters. The van der Waals surface area contributed by atoms with Gasteiger partial charge in [0.05, 0.1) is 27.2 Å². The smallest absolute Gasteiger partial charge is 0.255 e. The number of carbonyl (C=O) groups excluding carboxylic acids is 2. The average Bonchev–Trinajstić information content (AvgIpc) is 3.20. The molecule has 1 heterocycles. The zero-order valence-corrected chi connectivity index (χ0v) is 20.3. The van der Waals surface area contributed by atoms with Crippen molar-refractivity contribution < 1.29 is 32.1 Å². The van der Waals surface area contributed by atoms with Gasteiger partial charge in [-0.15, -0.1) is 0 Å². The lowest BCUT2D eigenvalue weighted by Gasteiger charge is -2.45. The molecule has 196 valence electrons. The van der Waals surface area contributed by atoms with Crippen molar-refractivity contribution in [2.24, 2.45) is 0 Å². The summed E-state index contributed by atoms with van der Waals surface area (Å²) in [6.07, 6.45) is -2.76. The summed E-state index contributed by atoms with van der Waals surface area (Å²) in [5.74, 6) is -1.17. The number of aryl methyl sites for hydroxylation is 1. The zero-order valence-electron chi connectivity index (χ0n) is 20.3. The number of alkyl halides is 2. The van der Waals surface area contributed by atoms with E-state index < -0.39 is 47.3 Å². The first kappa shape index (κ1) is 27.4. The number of hydroxylamine groups is 3. The Hall–Kier alpha value is -3.15. The number of nitrogens with zero attached hydrogens (tertiary/aromatic N) is 2. The van der Waals surface area contributed by atoms with Crippen molar-refractivity contribution in [3.05, 3.63) is 70.7 Å². The van der Waals surface area contributed by atoms with Gasteiger partial charge in [-0.3, -0.25) is 14.9 Å². The Kier molecular flexibility index (Phi) is 9.30. The van der Waals surface area contributed by atoms with Crippen LogP contribution in [0.15, 0.2) is 48.5 Å². The van der Waals surface area contributed by atoms with Crippen molar-refractivity contribution in [2.75, 3.05) is 33.9 Å². The molecular weight excluding hydrogens is 477 g/mol. The lowest BCUT2D eigenvalue weighted by Crippen LogP contribution is -2.63. The number of likely N-dealkylation sites (N-methyl/N-ethyl adjacent to an activating group) is 1. The second kappa shape index (κ2) is 12.2. The molecule has 8 nitrogen and oxygen atoms in total. The third-order valence-electron chi connectivity index (χ3n) is 6.27. The van der Waals surface area contributed by atoms with Crippen LogP contribution in [0, 0.1) is 11.0 Å². The Morgan fingerprint density at radius 2 is 1.81 bits per heavy atom. The standard InChI is InChI=1S/C25H31F3N4O4/c1-32(35)16-29-14-21(32)24(25(34)30-13-18-3-8-19(26)9-4-18)31(15-22(27)28)23(33)12-7-17-5-10-20(36-2)11-6-17/h3-6,8-11,21-22,24,29H,7,12-16H2,1-2H3,(H,30,34). The van der Waals surface area contributed by atoms with Crippen LogP contribution in [0.2, 0.25) is 0 Å². The summed E-state index contributed by atoms with van der Waals surface area (Å²) >= 11 is 0. The Morgan fingerprint density at radius 3 is 2.36 bits per heavy atom. The molecule has 1 aliphatic rings. The van der Waals surface area contributed by atoms with E-state index in [-0.39, 0.29) is 32.6 Å². The van der Waals surface area contributed by atoms with Gasteiger partial charge in [0.1, 0.15) is 24.3 Å². The summed E-state index contributed by atoms with van der Waals surface area (Å²) in [7, 11) is 2.87. The number of quaternary nitrogens is 1. The van der Waals surface area contributed by atoms with Crippen LogP contribution in [0.25, 0.3) is 0 Å². The Balaban J connectivity index is 1.81. The molecule has 0 bridgehead atoms. The molecule has 2 amide bonds. The first-order valence-electron chi connectivity index (χ1n) is 11.6. The van der Waals surface area contributed by atoms with Crippen LogP contribution in [0.1, 0.15) is 17.5 Å². The van der Waals surface area contributed by atoms with E-state index in [0.717, 1.165) is 10.5 Å². The van der Waals surface area contributed by atoms with Gasteiger partial charge >= 0.3 is 0 Å². The number of hydrogen-bond donors (Lipinski definition) is 2. The molecule has 3 atom stereocenters. The Labute approximate surface area is 208 Å². The van der Waals surface area contributed by atoms with Gasteiger partial charge in [-0.1, -0.05) is 24.3 Å². The van der Waals surface area contributed by atoms with E-state index in [4.69, 9.17) is 4.74 Å². The number of methoxy groups -OCH3 is 1. The van der Waals surface area contributed by atoms with E-state index in [0.29, 0.717) is 11.3 Å². The topological polar surface area (TPSA) is 93.7 Å². The fourth-order valence-electron chi connectivity index (χ4n) is 4.28. The Morgan fingerprint density at radius 1 is 1.17 bits per heavy atom. The summed E-state index contributed by atoms with van der Waals surface area (Å²) in [5.41, 5.74) is 1.38. The van der Waals surface area contributed by atoms with Crippen LogP contribution in [0.5, 0.6) is 5.75 Å². The quantitative estimate of drug-likeness (QED) is 0.359. The van der Waals surface area contributed by atoms with Crippen LogP contribution in [-0.4, -0.2) is 73.8 Å². The fourth-order valence-corrected chi connectivity index (χ4v) is 4.28. The highest BCUT2D eigenvalue weighted by atomic mass is 19.3. The number of carbonyl (C=O) groups is 2. The summed E-state index contributed by atoms with van der Waals surface area (Å²) < 4.78 is 44.6. The molecule has 11 heteroatoms. The van der Waals surface area contributed by atoms with Gasteiger partial charge in [-0.25, -0.2) is 13.2 Å². The minimum Gasteiger partial charge on any atom is -0.632 e. The van der Waals surface area contributed by atoms with Gasteiger partial charge in [-0.05, 0) is 41.8 Å². The minimum absolute atomic E-state index is 0.0130. The molecule has 1 aliphatic heterocycles. The van der Waals surface area contributed by atoms with E-state index in [9.17, 15) is 28.0 Å². The summed E-state index contributed by atoms with van der Waals surface area (Å²) in [6.45, 7) is -0.928. The fraction of sp³-hybridized carbons (Fsp3) is 0.440. The van der Waals surface area contributed by atoms with Crippen molar-refractivity contribution in [2.45, 2.75) is 37.9 Å². The molecule has 0 spiro atoms. The van der Waals surface area contributed by atoms with Gasteiger partial charge in [0.2, 0.25) is 11.8 Å². The highest BCUT2D eigenvalue weighted by Crippen LogP contribution is 2.23. The maximum atomic E-state index is 13.6. The van der Waals surface area contributed by atoms with Crippen molar-refractivity contribution in [3.63, 3.8) is 0 Å². The van der Waals surface area contributed by atoms with Crippen LogP contribution in [0.4, 0.5) is 13.2 Å². The van der Waals surface area contributed by atoms with E-state index in [1.54, 1.807) is 24.3 Å². The second-order valence-electron chi connectivity index (χ2n) is 8.93. The van der Waals surface area contributed by atoms with E-state index in [1.807, 2.05) is 0 Å². The predicted octanol–water partition coefficient (Wildman–Crippen LogP) is 2.42. The molecule has 0 radical (unpaired) electrons. The molecule has 3 rings (SSSR count). The number of halogens is 3. The molecule has 1 saturated heterocycles. The van der Waals surface area contributed by atoms with E-state index in [2.05, 4.69) is 10.6 Å². The van der Waals surface area contributed by atoms with Gasteiger partial charge < -0.3 is 24.8 Å². The molecule has 0 aliphatic carbocycles. The second-order valence-corrected chi connectivity index (χ2v) is 8.93. The number of amides is 2. The molecule has 0 saturated carbocycles. The molecular formula is C25H31F3N4O4.